The van der Waals surface area contributed by atoms with Gasteiger partial charge in [-0.25, -0.2) is 9.55 Å². The third kappa shape index (κ3) is 1.74. The molecule has 0 saturated carbocycles. The number of alkyl halides is 3. The number of hydrogen-bond acceptors (Lipinski definition) is 2. The van der Waals surface area contributed by atoms with Crippen LogP contribution in [0, 0.1) is 0 Å². The fraction of sp³-hybridized carbons (Fsp3) is 0.200. The summed E-state index contributed by atoms with van der Waals surface area (Å²) in [5.41, 5.74) is 0. The van der Waals surface area contributed by atoms with Crippen LogP contribution in [0.25, 0.3) is 0 Å². The number of halogens is 3. The summed E-state index contributed by atoms with van der Waals surface area (Å²) in [6, 6.07) is 0. The minimum Gasteiger partial charge on any atom is -0.312 e. The smallest absolute Gasteiger partial charge is 0.312 e. The maximum absolute atomic E-state index is 11.8. The zero-order valence-electron chi connectivity index (χ0n) is 5.67. The molecule has 0 unspecified atom stereocenters. The molecule has 1 N–H and O–H groups in total. The van der Waals surface area contributed by atoms with Gasteiger partial charge in [0.25, 0.3) is 0 Å². The Morgan fingerprint density at radius 3 is 2.67 bits per heavy atom. The molecule has 1 heterocycles. The van der Waals surface area contributed by atoms with E-state index in [0.29, 0.717) is 12.5 Å². The first-order chi connectivity index (χ1) is 5.54. The molecule has 0 fully saturated rings. The molecular weight excluding hydrogens is 175 g/mol. The van der Waals surface area contributed by atoms with Crippen LogP contribution < -0.4 is 5.32 Å². The molecule has 1 rings (SSSR count). The van der Waals surface area contributed by atoms with E-state index >= 15 is 0 Å². The van der Waals surface area contributed by atoms with Crippen LogP contribution in [0.4, 0.5) is 19.0 Å². The van der Waals surface area contributed by atoms with E-state index in [0.717, 1.165) is 0 Å². The van der Waals surface area contributed by atoms with Gasteiger partial charge >= 0.3 is 6.30 Å². The van der Waals surface area contributed by atoms with E-state index in [4.69, 9.17) is 0 Å². The molecule has 0 aliphatic rings. The minimum atomic E-state index is -4.49. The molecule has 7 heteroatoms. The molecule has 1 aromatic heterocycles. The maximum Gasteiger partial charge on any atom is 0.489 e. The Bertz CT molecular complexity index is 280. The molecule has 0 saturated heterocycles. The Kier molecular flexibility index (Phi) is 2.03. The van der Waals surface area contributed by atoms with Gasteiger partial charge in [-0.15, -0.1) is 13.2 Å². The average molecular weight is 179 g/mol. The summed E-state index contributed by atoms with van der Waals surface area (Å²) in [5.74, 6) is -0.137. The SMILES string of the molecule is O=CNc1cn(C(F)(F)F)cn1. The summed E-state index contributed by atoms with van der Waals surface area (Å²) in [5, 5.41) is 1.99. The van der Waals surface area contributed by atoms with Crippen molar-refractivity contribution in [1.29, 1.82) is 0 Å². The van der Waals surface area contributed by atoms with Gasteiger partial charge in [0.05, 0.1) is 6.20 Å². The minimum absolute atomic E-state index is 0.0567. The lowest BCUT2D eigenvalue weighted by Gasteiger charge is -2.04. The van der Waals surface area contributed by atoms with Gasteiger partial charge in [0.2, 0.25) is 6.41 Å². The van der Waals surface area contributed by atoms with Crippen LogP contribution in [0.15, 0.2) is 12.5 Å². The average Bonchev–Trinajstić information content (AvgIpc) is 2.35. The van der Waals surface area contributed by atoms with Crippen LogP contribution >= 0.6 is 0 Å². The fourth-order valence-electron chi connectivity index (χ4n) is 0.596. The summed E-state index contributed by atoms with van der Waals surface area (Å²) < 4.78 is 35.5. The highest BCUT2D eigenvalue weighted by molar-refractivity contribution is 5.68. The third-order valence-corrected chi connectivity index (χ3v) is 1.08. The zero-order valence-corrected chi connectivity index (χ0v) is 5.67. The van der Waals surface area contributed by atoms with Crippen LogP contribution in [-0.2, 0) is 11.1 Å². The van der Waals surface area contributed by atoms with Gasteiger partial charge < -0.3 is 5.32 Å². The molecule has 1 aromatic rings. The fourth-order valence-corrected chi connectivity index (χ4v) is 0.596. The molecule has 66 valence electrons. The lowest BCUT2D eigenvalue weighted by molar-refractivity contribution is -0.204. The number of carbonyl (C=O) groups is 1. The molecule has 4 nitrogen and oxygen atoms in total. The molecule has 12 heavy (non-hydrogen) atoms. The van der Waals surface area contributed by atoms with Crippen molar-refractivity contribution in [3.8, 4) is 0 Å². The van der Waals surface area contributed by atoms with Crippen molar-refractivity contribution in [2.24, 2.45) is 0 Å². The molecule has 0 aliphatic carbocycles. The summed E-state index contributed by atoms with van der Waals surface area (Å²) in [6.45, 7) is 0. The number of anilines is 1. The van der Waals surface area contributed by atoms with E-state index in [-0.39, 0.29) is 16.8 Å². The Labute approximate surface area is 65.0 Å². The Morgan fingerprint density at radius 2 is 2.25 bits per heavy atom. The normalized spacial score (nSPS) is 11.2. The predicted molar refractivity (Wildman–Crippen MR) is 33.2 cm³/mol. The van der Waals surface area contributed by atoms with E-state index in [9.17, 15) is 18.0 Å². The highest BCUT2D eigenvalue weighted by Crippen LogP contribution is 2.22. The molecule has 0 bridgehead atoms. The van der Waals surface area contributed by atoms with Gasteiger partial charge in [-0.05, 0) is 0 Å². The van der Waals surface area contributed by atoms with Gasteiger partial charge in [-0.3, -0.25) is 4.79 Å². The van der Waals surface area contributed by atoms with Crippen LogP contribution in [0.5, 0.6) is 0 Å². The van der Waals surface area contributed by atoms with Crippen LogP contribution in [0.3, 0.4) is 0 Å². The monoisotopic (exact) mass is 179 g/mol. The second-order valence-corrected chi connectivity index (χ2v) is 1.90. The number of imidazole rings is 1. The molecule has 0 aliphatic heterocycles. The Hall–Kier alpha value is -1.53. The van der Waals surface area contributed by atoms with Crippen LogP contribution in [-0.4, -0.2) is 16.0 Å². The van der Waals surface area contributed by atoms with Crippen molar-refractivity contribution in [2.45, 2.75) is 6.30 Å². The van der Waals surface area contributed by atoms with Crippen molar-refractivity contribution in [3.05, 3.63) is 12.5 Å². The number of amides is 1. The van der Waals surface area contributed by atoms with Gasteiger partial charge in [0, 0.05) is 0 Å². The highest BCUT2D eigenvalue weighted by atomic mass is 19.4. The number of aromatic nitrogens is 2. The lowest BCUT2D eigenvalue weighted by Crippen LogP contribution is -2.13. The Morgan fingerprint density at radius 1 is 1.58 bits per heavy atom. The number of nitrogens with one attached hydrogen (secondary N) is 1. The first-order valence-corrected chi connectivity index (χ1v) is 2.85. The molecule has 0 spiro atoms. The van der Waals surface area contributed by atoms with Crippen molar-refractivity contribution >= 4 is 12.2 Å². The van der Waals surface area contributed by atoms with E-state index in [1.54, 1.807) is 0 Å². The molecule has 1 amide bonds. The van der Waals surface area contributed by atoms with Crippen molar-refractivity contribution < 1.29 is 18.0 Å². The van der Waals surface area contributed by atoms with Crippen molar-refractivity contribution in [1.82, 2.24) is 9.55 Å². The second kappa shape index (κ2) is 2.84. The van der Waals surface area contributed by atoms with Crippen LogP contribution in [0.1, 0.15) is 0 Å². The van der Waals surface area contributed by atoms with Crippen molar-refractivity contribution in [2.75, 3.05) is 5.32 Å². The summed E-state index contributed by atoms with van der Waals surface area (Å²) in [7, 11) is 0. The molecular formula is C5H4F3N3O. The van der Waals surface area contributed by atoms with E-state index in [2.05, 4.69) is 4.98 Å². The molecule has 0 radical (unpaired) electrons. The lowest BCUT2D eigenvalue weighted by atomic mass is 10.7. The van der Waals surface area contributed by atoms with E-state index < -0.39 is 6.30 Å². The Balaban J connectivity index is 2.84. The summed E-state index contributed by atoms with van der Waals surface area (Å²) >= 11 is 0. The number of hydrogen-bond donors (Lipinski definition) is 1. The number of rotatable bonds is 2. The van der Waals surface area contributed by atoms with Gasteiger partial charge in [0.1, 0.15) is 6.33 Å². The number of carbonyl (C=O) groups excluding carboxylic acids is 1. The topological polar surface area (TPSA) is 46.9 Å². The summed E-state index contributed by atoms with van der Waals surface area (Å²) in [4.78, 5) is 13.1. The maximum atomic E-state index is 11.8. The second-order valence-electron chi connectivity index (χ2n) is 1.90. The summed E-state index contributed by atoms with van der Waals surface area (Å²) in [6.07, 6.45) is -2.99. The quantitative estimate of drug-likeness (QED) is 0.686. The standard InChI is InChI=1S/C5H4F3N3O/c6-5(7,8)11-1-4(9-2-11)10-3-12/h1-3H,(H,10,12). The van der Waals surface area contributed by atoms with Gasteiger partial charge in [0.15, 0.2) is 5.82 Å². The zero-order chi connectivity index (χ0) is 9.19. The highest BCUT2D eigenvalue weighted by Gasteiger charge is 2.30. The van der Waals surface area contributed by atoms with Crippen molar-refractivity contribution in [3.63, 3.8) is 0 Å². The third-order valence-electron chi connectivity index (χ3n) is 1.08. The number of nitrogens with zero attached hydrogens (tertiary/aromatic N) is 2. The predicted octanol–water partition coefficient (Wildman–Crippen LogP) is 0.928. The first-order valence-electron chi connectivity index (χ1n) is 2.85. The van der Waals surface area contributed by atoms with Gasteiger partial charge in [-0.2, -0.15) is 0 Å². The van der Waals surface area contributed by atoms with E-state index in [1.807, 2.05) is 5.32 Å². The van der Waals surface area contributed by atoms with E-state index in [1.165, 1.54) is 0 Å². The first kappa shape index (κ1) is 8.57. The molecule has 0 atom stereocenters. The van der Waals surface area contributed by atoms with Gasteiger partial charge in [-0.1, -0.05) is 0 Å². The largest absolute Gasteiger partial charge is 0.489 e. The molecule has 0 aromatic carbocycles. The van der Waals surface area contributed by atoms with Crippen LogP contribution in [0.2, 0.25) is 0 Å².